The van der Waals surface area contributed by atoms with Crippen LogP contribution in [0.25, 0.3) is 17.0 Å². The number of benzene rings is 1. The van der Waals surface area contributed by atoms with E-state index in [0.29, 0.717) is 22.3 Å². The van der Waals surface area contributed by atoms with E-state index in [1.54, 1.807) is 4.90 Å². The molecule has 3 aliphatic rings. The molecule has 3 heterocycles. The minimum atomic E-state index is -0.0295. The van der Waals surface area contributed by atoms with Crippen molar-refractivity contribution in [2.75, 3.05) is 19.7 Å². The van der Waals surface area contributed by atoms with Crippen molar-refractivity contribution in [2.24, 2.45) is 5.92 Å². The Balaban J connectivity index is 1.35. The summed E-state index contributed by atoms with van der Waals surface area (Å²) in [5.41, 5.74) is 3.18. The Morgan fingerprint density at radius 2 is 2.08 bits per heavy atom. The highest BCUT2D eigenvalue weighted by Crippen LogP contribution is 2.36. The lowest BCUT2D eigenvalue weighted by Crippen LogP contribution is -2.34. The van der Waals surface area contributed by atoms with Gasteiger partial charge in [-0.1, -0.05) is 74.8 Å². The van der Waals surface area contributed by atoms with Crippen LogP contribution < -0.4 is 5.32 Å². The molecule has 0 bridgehead atoms. The van der Waals surface area contributed by atoms with Crippen molar-refractivity contribution in [3.8, 4) is 0 Å². The molecule has 5 rings (SSSR count). The maximum Gasteiger partial charge on any atom is 0.266 e. The van der Waals surface area contributed by atoms with E-state index in [9.17, 15) is 9.59 Å². The summed E-state index contributed by atoms with van der Waals surface area (Å²) >= 11 is 6.97. The second-order valence-corrected chi connectivity index (χ2v) is 11.8. The molecule has 0 unspecified atom stereocenters. The smallest absolute Gasteiger partial charge is 0.266 e. The van der Waals surface area contributed by atoms with E-state index < -0.39 is 0 Å². The third-order valence-corrected chi connectivity index (χ3v) is 9.03. The Morgan fingerprint density at radius 1 is 1.25 bits per heavy atom. The highest BCUT2D eigenvalue weighted by Gasteiger charge is 2.33. The molecule has 1 aromatic carbocycles. The van der Waals surface area contributed by atoms with Crippen LogP contribution in [0, 0.1) is 5.92 Å². The van der Waals surface area contributed by atoms with E-state index in [2.05, 4.69) is 24.4 Å². The van der Waals surface area contributed by atoms with Gasteiger partial charge in [-0.15, -0.1) is 0 Å². The molecule has 1 aliphatic carbocycles. The van der Waals surface area contributed by atoms with Crippen molar-refractivity contribution in [3.63, 3.8) is 0 Å². The average molecular weight is 526 g/mol. The SMILES string of the molecule is CCc1cccc2c(/C=C3\SC(=S)N(CCC4CCCC4)C3=O)cn(CC(=O)NC[C@H]3CCCO3)c12. The maximum atomic E-state index is 13.2. The van der Waals surface area contributed by atoms with E-state index in [1.165, 1.54) is 43.0 Å². The van der Waals surface area contributed by atoms with E-state index in [0.717, 1.165) is 54.7 Å². The zero-order valence-corrected chi connectivity index (χ0v) is 22.6. The number of aromatic nitrogens is 1. The number of amides is 2. The summed E-state index contributed by atoms with van der Waals surface area (Å²) in [7, 11) is 0. The molecule has 0 spiro atoms. The fraction of sp³-hybridized carbons (Fsp3) is 0.536. The number of carbonyl (C=O) groups is 2. The minimum absolute atomic E-state index is 0.00449. The number of thiocarbonyl (C=S) groups is 1. The summed E-state index contributed by atoms with van der Waals surface area (Å²) in [6, 6.07) is 6.23. The van der Waals surface area contributed by atoms with Crippen LogP contribution in [0.4, 0.5) is 0 Å². The molecule has 2 aromatic rings. The molecule has 36 heavy (non-hydrogen) atoms. The predicted octanol–water partition coefficient (Wildman–Crippen LogP) is 5.28. The average Bonchev–Trinajstić information content (AvgIpc) is 3.67. The van der Waals surface area contributed by atoms with Crippen LogP contribution in [0.5, 0.6) is 0 Å². The number of nitrogens with one attached hydrogen (secondary N) is 1. The van der Waals surface area contributed by atoms with Gasteiger partial charge in [0.05, 0.1) is 16.5 Å². The van der Waals surface area contributed by atoms with Crippen LogP contribution in [-0.4, -0.2) is 51.4 Å². The Morgan fingerprint density at radius 3 is 2.83 bits per heavy atom. The molecule has 3 fully saturated rings. The predicted molar refractivity (Wildman–Crippen MR) is 150 cm³/mol. The summed E-state index contributed by atoms with van der Waals surface area (Å²) in [4.78, 5) is 28.5. The lowest BCUT2D eigenvalue weighted by Gasteiger charge is -2.17. The van der Waals surface area contributed by atoms with Crippen LogP contribution in [0.1, 0.15) is 63.0 Å². The third kappa shape index (κ3) is 5.55. The van der Waals surface area contributed by atoms with Crippen molar-refractivity contribution < 1.29 is 14.3 Å². The quantitative estimate of drug-likeness (QED) is 0.357. The van der Waals surface area contributed by atoms with Crippen molar-refractivity contribution in [3.05, 3.63) is 40.4 Å². The van der Waals surface area contributed by atoms with Gasteiger partial charge >= 0.3 is 0 Å². The molecular formula is C28H35N3O3S2. The highest BCUT2D eigenvalue weighted by molar-refractivity contribution is 8.26. The van der Waals surface area contributed by atoms with E-state index in [-0.39, 0.29) is 24.5 Å². The molecule has 192 valence electrons. The van der Waals surface area contributed by atoms with Crippen LogP contribution in [0.2, 0.25) is 0 Å². The molecule has 8 heteroatoms. The zero-order valence-electron chi connectivity index (χ0n) is 21.0. The van der Waals surface area contributed by atoms with Gasteiger partial charge < -0.3 is 14.6 Å². The Hall–Kier alpha value is -2.16. The van der Waals surface area contributed by atoms with Crippen molar-refractivity contribution in [2.45, 2.75) is 70.9 Å². The number of fused-ring (bicyclic) bond motifs is 1. The first-order valence-electron chi connectivity index (χ1n) is 13.3. The molecule has 1 N–H and O–H groups in total. The standard InChI is InChI=1S/C28H35N3O3S2/c1-2-20-9-5-11-23-21(17-30(26(20)23)18-25(32)29-16-22-10-6-14-34-22)15-24-27(33)31(28(35)36-24)13-12-19-7-3-4-8-19/h5,9,11,15,17,19,22H,2-4,6-8,10,12-14,16,18H2,1H3,(H,29,32)/b24-15-/t22-/m1/s1. The first-order chi connectivity index (χ1) is 17.5. The van der Waals surface area contributed by atoms with Crippen LogP contribution >= 0.6 is 24.0 Å². The van der Waals surface area contributed by atoms with Gasteiger partial charge in [-0.2, -0.15) is 0 Å². The van der Waals surface area contributed by atoms with E-state index in [1.807, 2.05) is 22.9 Å². The number of aryl methyl sites for hydroxylation is 1. The summed E-state index contributed by atoms with van der Waals surface area (Å²) < 4.78 is 8.30. The number of nitrogens with zero attached hydrogens (tertiary/aromatic N) is 2. The van der Waals surface area contributed by atoms with Crippen molar-refractivity contribution in [1.82, 2.24) is 14.8 Å². The van der Waals surface area contributed by atoms with E-state index in [4.69, 9.17) is 17.0 Å². The zero-order chi connectivity index (χ0) is 25.1. The number of para-hydroxylation sites is 1. The molecular weight excluding hydrogens is 490 g/mol. The molecule has 6 nitrogen and oxygen atoms in total. The molecule has 0 radical (unpaired) electrons. The lowest BCUT2D eigenvalue weighted by atomic mass is 10.0. The highest BCUT2D eigenvalue weighted by atomic mass is 32.2. The topological polar surface area (TPSA) is 63.6 Å². The van der Waals surface area contributed by atoms with Gasteiger partial charge in [-0.3, -0.25) is 14.5 Å². The molecule has 2 saturated heterocycles. The summed E-state index contributed by atoms with van der Waals surface area (Å²) in [5, 5.41) is 4.08. The fourth-order valence-corrected chi connectivity index (χ4v) is 6.98. The molecule has 2 amide bonds. The molecule has 1 aromatic heterocycles. The monoisotopic (exact) mass is 525 g/mol. The van der Waals surface area contributed by atoms with Crippen LogP contribution in [-0.2, 0) is 27.3 Å². The second kappa shape index (κ2) is 11.5. The Labute approximate surface area is 222 Å². The van der Waals surface area contributed by atoms with Gasteiger partial charge in [0.2, 0.25) is 5.91 Å². The van der Waals surface area contributed by atoms with Crippen molar-refractivity contribution >= 4 is 57.1 Å². The second-order valence-electron chi connectivity index (χ2n) is 10.1. The van der Waals surface area contributed by atoms with Gasteiger partial charge in [0.25, 0.3) is 5.91 Å². The number of rotatable bonds is 9. The van der Waals surface area contributed by atoms with Gasteiger partial charge in [-0.05, 0) is 43.2 Å². The number of ether oxygens (including phenoxy) is 1. The summed E-state index contributed by atoms with van der Waals surface area (Å²) in [6.45, 7) is 4.39. The number of hydrogen-bond acceptors (Lipinski definition) is 5. The van der Waals surface area contributed by atoms with Gasteiger partial charge in [0, 0.05) is 36.8 Å². The first-order valence-corrected chi connectivity index (χ1v) is 14.5. The van der Waals surface area contributed by atoms with Crippen molar-refractivity contribution in [1.29, 1.82) is 0 Å². The first kappa shape index (κ1) is 25.5. The fourth-order valence-electron chi connectivity index (χ4n) is 5.68. The normalized spacial score (nSPS) is 22.0. The number of carbonyl (C=O) groups excluding carboxylic acids is 2. The van der Waals surface area contributed by atoms with Gasteiger partial charge in [0.1, 0.15) is 10.9 Å². The molecule has 1 atom stereocenters. The lowest BCUT2D eigenvalue weighted by molar-refractivity contribution is -0.123. The van der Waals surface area contributed by atoms with Gasteiger partial charge in [-0.25, -0.2) is 0 Å². The summed E-state index contributed by atoms with van der Waals surface area (Å²) in [5.74, 6) is 0.693. The van der Waals surface area contributed by atoms with Crippen LogP contribution in [0.15, 0.2) is 29.3 Å². The summed E-state index contributed by atoms with van der Waals surface area (Å²) in [6.07, 6.45) is 13.2. The van der Waals surface area contributed by atoms with Crippen LogP contribution in [0.3, 0.4) is 0 Å². The number of hydrogen-bond donors (Lipinski definition) is 1. The van der Waals surface area contributed by atoms with Gasteiger partial charge in [0.15, 0.2) is 0 Å². The Bertz CT molecular complexity index is 1180. The maximum absolute atomic E-state index is 13.2. The molecule has 1 saturated carbocycles. The Kier molecular flexibility index (Phi) is 8.13. The third-order valence-electron chi connectivity index (χ3n) is 7.65. The van der Waals surface area contributed by atoms with E-state index >= 15 is 0 Å². The molecule has 2 aliphatic heterocycles. The minimum Gasteiger partial charge on any atom is -0.376 e. The number of thioether (sulfide) groups is 1. The largest absolute Gasteiger partial charge is 0.376 e.